The third-order valence-electron chi connectivity index (χ3n) is 5.98. The number of hydrogen-bond acceptors (Lipinski definition) is 6. The number of fused-ring (bicyclic) bond motifs is 1. The number of nitrogens with one attached hydrogen (secondary N) is 1. The van der Waals surface area contributed by atoms with Crippen LogP contribution in [0.5, 0.6) is 5.75 Å². The van der Waals surface area contributed by atoms with E-state index in [-0.39, 0.29) is 17.9 Å². The molecule has 3 aromatic rings. The number of esters is 1. The van der Waals surface area contributed by atoms with Crippen LogP contribution in [0.25, 0.3) is 0 Å². The molecule has 0 aliphatic carbocycles. The first-order chi connectivity index (χ1) is 17.2. The summed E-state index contributed by atoms with van der Waals surface area (Å²) in [5.41, 5.74) is 4.91. The zero-order valence-corrected chi connectivity index (χ0v) is 20.5. The lowest BCUT2D eigenvalue weighted by atomic mass is 10.1. The van der Waals surface area contributed by atoms with E-state index in [4.69, 9.17) is 9.47 Å². The maximum atomic E-state index is 12.8. The maximum absolute atomic E-state index is 12.8. The molecule has 0 radical (unpaired) electrons. The zero-order valence-electron chi connectivity index (χ0n) is 20.5. The quantitative estimate of drug-likeness (QED) is 0.397. The van der Waals surface area contributed by atoms with Gasteiger partial charge in [-0.25, -0.2) is 4.79 Å². The van der Waals surface area contributed by atoms with Gasteiger partial charge in [-0.1, -0.05) is 35.9 Å². The summed E-state index contributed by atoms with van der Waals surface area (Å²) < 4.78 is 10.5. The minimum Gasteiger partial charge on any atom is -0.496 e. The number of aryl methyl sites for hydroxylation is 3. The van der Waals surface area contributed by atoms with Crippen molar-refractivity contribution in [1.29, 1.82) is 0 Å². The molecule has 1 heterocycles. The van der Waals surface area contributed by atoms with Gasteiger partial charge in [0.2, 0.25) is 0 Å². The van der Waals surface area contributed by atoms with E-state index in [1.54, 1.807) is 36.4 Å². The van der Waals surface area contributed by atoms with Gasteiger partial charge in [0.05, 0.1) is 24.8 Å². The molecule has 36 heavy (non-hydrogen) atoms. The molecule has 0 spiro atoms. The predicted molar refractivity (Wildman–Crippen MR) is 133 cm³/mol. The van der Waals surface area contributed by atoms with Crippen LogP contribution in [0.2, 0.25) is 0 Å². The highest BCUT2D eigenvalue weighted by molar-refractivity contribution is 6.21. The lowest BCUT2D eigenvalue weighted by Gasteiger charge is -2.16. The van der Waals surface area contributed by atoms with Gasteiger partial charge in [-0.15, -0.1) is 0 Å². The van der Waals surface area contributed by atoms with Crippen molar-refractivity contribution >= 4 is 29.4 Å². The van der Waals surface area contributed by atoms with Crippen molar-refractivity contribution in [3.63, 3.8) is 0 Å². The first-order valence-electron chi connectivity index (χ1n) is 11.4. The Balaban J connectivity index is 1.46. The Labute approximate surface area is 208 Å². The van der Waals surface area contributed by atoms with E-state index < -0.39 is 30.3 Å². The summed E-state index contributed by atoms with van der Waals surface area (Å²) in [6.07, 6.45) is 0. The van der Waals surface area contributed by atoms with E-state index >= 15 is 0 Å². The molecule has 1 aliphatic rings. The number of imide groups is 1. The monoisotopic (exact) mass is 486 g/mol. The summed E-state index contributed by atoms with van der Waals surface area (Å²) in [6.45, 7) is 5.25. The molecule has 8 nitrogen and oxygen atoms in total. The minimum atomic E-state index is -0.761. The molecule has 3 amide bonds. The Kier molecular flexibility index (Phi) is 6.87. The van der Waals surface area contributed by atoms with E-state index in [1.807, 2.05) is 32.9 Å². The van der Waals surface area contributed by atoms with Gasteiger partial charge in [-0.2, -0.15) is 0 Å². The van der Waals surface area contributed by atoms with Crippen molar-refractivity contribution in [2.24, 2.45) is 0 Å². The molecule has 8 heteroatoms. The summed E-state index contributed by atoms with van der Waals surface area (Å²) >= 11 is 0. The van der Waals surface area contributed by atoms with Gasteiger partial charge in [0, 0.05) is 5.69 Å². The number of anilines is 1. The average molecular weight is 487 g/mol. The van der Waals surface area contributed by atoms with Crippen LogP contribution in [-0.4, -0.2) is 42.3 Å². The molecule has 0 fully saturated rings. The molecule has 1 aliphatic heterocycles. The van der Waals surface area contributed by atoms with Crippen LogP contribution in [0.4, 0.5) is 5.69 Å². The van der Waals surface area contributed by atoms with E-state index in [0.717, 1.165) is 21.6 Å². The van der Waals surface area contributed by atoms with Crippen LogP contribution in [0.3, 0.4) is 0 Å². The Hall–Kier alpha value is -4.46. The summed E-state index contributed by atoms with van der Waals surface area (Å²) in [7, 11) is 1.41. The molecular formula is C28H26N2O6. The van der Waals surface area contributed by atoms with Crippen LogP contribution in [0.15, 0.2) is 54.6 Å². The normalized spacial score (nSPS) is 12.4. The predicted octanol–water partition coefficient (Wildman–Crippen LogP) is 4.21. The van der Waals surface area contributed by atoms with Crippen LogP contribution in [-0.2, 0) is 16.1 Å². The van der Waals surface area contributed by atoms with Gasteiger partial charge in [0.15, 0.2) is 6.61 Å². The number of carbonyl (C=O) groups excluding carboxylic acids is 4. The molecule has 4 rings (SSSR count). The number of rotatable bonds is 7. The summed E-state index contributed by atoms with van der Waals surface area (Å²) in [5.74, 6) is -1.78. The summed E-state index contributed by atoms with van der Waals surface area (Å²) in [5, 5.41) is 2.79. The molecule has 0 aromatic heterocycles. The van der Waals surface area contributed by atoms with Gasteiger partial charge in [0.1, 0.15) is 11.3 Å². The second kappa shape index (κ2) is 10.0. The van der Waals surface area contributed by atoms with Crippen LogP contribution in [0.1, 0.15) is 53.3 Å². The van der Waals surface area contributed by atoms with Crippen LogP contribution < -0.4 is 10.1 Å². The topological polar surface area (TPSA) is 102 Å². The molecule has 1 N–H and O–H groups in total. The van der Waals surface area contributed by atoms with Crippen molar-refractivity contribution in [3.05, 3.63) is 93.5 Å². The second-order valence-electron chi connectivity index (χ2n) is 8.67. The number of benzene rings is 3. The first-order valence-corrected chi connectivity index (χ1v) is 11.4. The number of methoxy groups -OCH3 is 1. The molecular weight excluding hydrogens is 460 g/mol. The number of ether oxygens (including phenoxy) is 2. The molecule has 0 saturated carbocycles. The van der Waals surface area contributed by atoms with Gasteiger partial charge in [-0.3, -0.25) is 19.3 Å². The Bertz CT molecular complexity index is 1340. The molecule has 184 valence electrons. The number of hydrogen-bond donors (Lipinski definition) is 1. The third kappa shape index (κ3) is 4.84. The van der Waals surface area contributed by atoms with Gasteiger partial charge in [-0.05, 0) is 61.7 Å². The lowest BCUT2D eigenvalue weighted by molar-refractivity contribution is -0.119. The zero-order chi connectivity index (χ0) is 26.0. The van der Waals surface area contributed by atoms with Gasteiger partial charge in [0.25, 0.3) is 17.7 Å². The third-order valence-corrected chi connectivity index (χ3v) is 5.98. The SMILES string of the molecule is COc1ccc(CN2C(=O)c3ccccc3C2=O)cc1C(=O)OCC(=O)Nc1c(C)cc(C)cc1C. The van der Waals surface area contributed by atoms with Crippen molar-refractivity contribution in [1.82, 2.24) is 4.90 Å². The Morgan fingerprint density at radius 2 is 1.50 bits per heavy atom. The van der Waals surface area contributed by atoms with Crippen molar-refractivity contribution in [2.45, 2.75) is 27.3 Å². The Morgan fingerprint density at radius 3 is 2.08 bits per heavy atom. The lowest BCUT2D eigenvalue weighted by Crippen LogP contribution is -2.29. The standard InChI is InChI=1S/C28H26N2O6/c1-16-11-17(2)25(18(3)12-16)29-24(31)15-36-28(34)22-13-19(9-10-23(22)35-4)14-30-26(32)20-7-5-6-8-21(20)27(30)33/h5-13H,14-15H2,1-4H3,(H,29,31). The largest absolute Gasteiger partial charge is 0.496 e. The molecule has 0 bridgehead atoms. The van der Waals surface area contributed by atoms with Crippen molar-refractivity contribution in [2.75, 3.05) is 19.0 Å². The van der Waals surface area contributed by atoms with Gasteiger partial charge < -0.3 is 14.8 Å². The number of nitrogens with zero attached hydrogens (tertiary/aromatic N) is 1. The van der Waals surface area contributed by atoms with Crippen molar-refractivity contribution < 1.29 is 28.7 Å². The summed E-state index contributed by atoms with van der Waals surface area (Å²) in [6, 6.07) is 15.3. The smallest absolute Gasteiger partial charge is 0.342 e. The molecule has 3 aromatic carbocycles. The fraction of sp³-hybridized carbons (Fsp3) is 0.214. The highest BCUT2D eigenvalue weighted by atomic mass is 16.5. The maximum Gasteiger partial charge on any atom is 0.342 e. The van der Waals surface area contributed by atoms with E-state index in [0.29, 0.717) is 22.4 Å². The fourth-order valence-electron chi connectivity index (χ4n) is 4.34. The van der Waals surface area contributed by atoms with Crippen LogP contribution in [0, 0.1) is 20.8 Å². The second-order valence-corrected chi connectivity index (χ2v) is 8.67. The van der Waals surface area contributed by atoms with E-state index in [1.165, 1.54) is 13.2 Å². The Morgan fingerprint density at radius 1 is 0.889 bits per heavy atom. The van der Waals surface area contributed by atoms with Crippen LogP contribution >= 0.6 is 0 Å². The highest BCUT2D eigenvalue weighted by Gasteiger charge is 2.35. The number of carbonyl (C=O) groups is 4. The first kappa shape index (κ1) is 24.7. The molecule has 0 saturated heterocycles. The average Bonchev–Trinajstić information content (AvgIpc) is 3.09. The highest BCUT2D eigenvalue weighted by Crippen LogP contribution is 2.27. The van der Waals surface area contributed by atoms with E-state index in [9.17, 15) is 19.2 Å². The minimum absolute atomic E-state index is 0.0247. The van der Waals surface area contributed by atoms with E-state index in [2.05, 4.69) is 5.32 Å². The number of amides is 3. The summed E-state index contributed by atoms with van der Waals surface area (Å²) in [4.78, 5) is 51.8. The molecule has 0 unspecified atom stereocenters. The fourth-order valence-corrected chi connectivity index (χ4v) is 4.34. The van der Waals surface area contributed by atoms with Crippen molar-refractivity contribution in [3.8, 4) is 5.75 Å². The van der Waals surface area contributed by atoms with Gasteiger partial charge >= 0.3 is 5.97 Å². The molecule has 0 atom stereocenters.